The van der Waals surface area contributed by atoms with Gasteiger partial charge in [0.05, 0.1) is 5.71 Å². The van der Waals surface area contributed by atoms with Gasteiger partial charge >= 0.3 is 0 Å². The Balaban J connectivity index is 4.59. The quantitative estimate of drug-likeness (QED) is 0.385. The summed E-state index contributed by atoms with van der Waals surface area (Å²) in [5.74, 6) is 0.517. The first-order chi connectivity index (χ1) is 6.52. The Morgan fingerprint density at radius 3 is 2.36 bits per heavy atom. The van der Waals surface area contributed by atoms with Gasteiger partial charge in [0, 0.05) is 14.0 Å². The molecule has 4 heteroatoms. The second-order valence-corrected chi connectivity index (χ2v) is 2.87. The van der Waals surface area contributed by atoms with Gasteiger partial charge in [-0.05, 0) is 19.4 Å². The van der Waals surface area contributed by atoms with Crippen LogP contribution in [0, 0.1) is 0 Å². The first-order valence-electron chi connectivity index (χ1n) is 4.50. The van der Waals surface area contributed by atoms with E-state index in [2.05, 4.69) is 16.8 Å². The first-order valence-corrected chi connectivity index (χ1v) is 4.50. The highest BCUT2D eigenvalue weighted by atomic mass is 16.2. The normalized spacial score (nSPS) is 12.6. The third-order valence-corrected chi connectivity index (χ3v) is 1.88. The molecule has 0 bridgehead atoms. The van der Waals surface area contributed by atoms with E-state index in [4.69, 9.17) is 0 Å². The molecule has 0 aromatic rings. The third-order valence-electron chi connectivity index (χ3n) is 1.88. The molecule has 0 spiro atoms. The Morgan fingerprint density at radius 1 is 1.43 bits per heavy atom. The molecule has 0 aliphatic heterocycles. The molecule has 0 aliphatic rings. The van der Waals surface area contributed by atoms with Crippen LogP contribution in [0.4, 0.5) is 0 Å². The van der Waals surface area contributed by atoms with Crippen LogP contribution in [0.3, 0.4) is 0 Å². The van der Waals surface area contributed by atoms with Crippen LogP contribution in [-0.2, 0) is 4.79 Å². The van der Waals surface area contributed by atoms with E-state index in [0.717, 1.165) is 12.1 Å². The molecule has 0 aromatic carbocycles. The second kappa shape index (κ2) is 6.07. The van der Waals surface area contributed by atoms with Crippen LogP contribution < -0.4 is 0 Å². The fourth-order valence-corrected chi connectivity index (χ4v) is 0.687. The average molecular weight is 195 g/mol. The molecule has 0 saturated carbocycles. The van der Waals surface area contributed by atoms with Gasteiger partial charge in [0.15, 0.2) is 0 Å². The number of carbonyl (C=O) groups excluding carboxylic acids is 1. The zero-order chi connectivity index (χ0) is 11.1. The minimum Gasteiger partial charge on any atom is -0.302 e. The fraction of sp³-hybridized carbons (Fsp3) is 0.500. The Hall–Kier alpha value is -1.45. The summed E-state index contributed by atoms with van der Waals surface area (Å²) in [4.78, 5) is 12.4. The third kappa shape index (κ3) is 3.98. The largest absolute Gasteiger partial charge is 0.302 e. The molecule has 0 fully saturated rings. The van der Waals surface area contributed by atoms with Crippen LogP contribution >= 0.6 is 0 Å². The lowest BCUT2D eigenvalue weighted by atomic mass is 10.3. The Morgan fingerprint density at radius 2 is 2.00 bits per heavy atom. The number of nitrogens with zero attached hydrogens (tertiary/aromatic N) is 3. The van der Waals surface area contributed by atoms with Crippen LogP contribution in [0.25, 0.3) is 0 Å². The van der Waals surface area contributed by atoms with E-state index in [0.29, 0.717) is 5.84 Å². The molecule has 0 radical (unpaired) electrons. The Bertz CT molecular complexity index is 279. The predicted octanol–water partition coefficient (Wildman–Crippen LogP) is 1.84. The van der Waals surface area contributed by atoms with Crippen molar-refractivity contribution in [1.82, 2.24) is 4.90 Å². The van der Waals surface area contributed by atoms with Gasteiger partial charge < -0.3 is 4.90 Å². The van der Waals surface area contributed by atoms with Crippen LogP contribution in [0.15, 0.2) is 22.9 Å². The summed E-state index contributed by atoms with van der Waals surface area (Å²) in [6.07, 6.45) is 2.44. The van der Waals surface area contributed by atoms with Crippen molar-refractivity contribution in [2.24, 2.45) is 10.2 Å². The Kier molecular flexibility index (Phi) is 5.44. The molecule has 0 rings (SSSR count). The van der Waals surface area contributed by atoms with Crippen molar-refractivity contribution >= 4 is 17.5 Å². The molecule has 0 atom stereocenters. The van der Waals surface area contributed by atoms with Crippen molar-refractivity contribution in [3.63, 3.8) is 0 Å². The van der Waals surface area contributed by atoms with Crippen molar-refractivity contribution in [2.45, 2.75) is 27.2 Å². The summed E-state index contributed by atoms with van der Waals surface area (Å²) in [5.41, 5.74) is 0.807. The molecule has 0 unspecified atom stereocenters. The van der Waals surface area contributed by atoms with E-state index >= 15 is 0 Å². The zero-order valence-electron chi connectivity index (χ0n) is 9.24. The van der Waals surface area contributed by atoms with Crippen LogP contribution in [0.1, 0.15) is 27.2 Å². The molecule has 78 valence electrons. The smallest absolute Gasteiger partial charge is 0.224 e. The van der Waals surface area contributed by atoms with Gasteiger partial charge in [0.1, 0.15) is 5.84 Å². The molecule has 0 aliphatic carbocycles. The number of carbonyl (C=O) groups is 1. The minimum atomic E-state index is -0.0573. The molecule has 0 N–H and O–H groups in total. The van der Waals surface area contributed by atoms with Crippen LogP contribution in [0.5, 0.6) is 0 Å². The summed E-state index contributed by atoms with van der Waals surface area (Å²) in [6, 6.07) is 0. The van der Waals surface area contributed by atoms with Gasteiger partial charge in [0.2, 0.25) is 5.91 Å². The summed E-state index contributed by atoms with van der Waals surface area (Å²) >= 11 is 0. The lowest BCUT2D eigenvalue weighted by molar-refractivity contribution is -0.124. The lowest BCUT2D eigenvalue weighted by Gasteiger charge is -2.12. The average Bonchev–Trinajstić information content (AvgIpc) is 2.17. The highest BCUT2D eigenvalue weighted by molar-refractivity contribution is 5.97. The summed E-state index contributed by atoms with van der Waals surface area (Å²) in [6.45, 7) is 8.80. The van der Waals surface area contributed by atoms with E-state index in [1.807, 2.05) is 6.92 Å². The molecular formula is C10H17N3O. The maximum Gasteiger partial charge on any atom is 0.224 e. The van der Waals surface area contributed by atoms with Gasteiger partial charge in [0.25, 0.3) is 0 Å². The standard InChI is InChI=1S/C10H17N3O/c1-6-10(7-2)12-11-8(3)13(5)9(4)14/h6H,1,7H2,2-5H3/b11-8-,12-10-. The second-order valence-electron chi connectivity index (χ2n) is 2.87. The van der Waals surface area contributed by atoms with Gasteiger partial charge in [-0.15, -0.1) is 5.10 Å². The number of hydrogen-bond acceptors (Lipinski definition) is 3. The summed E-state index contributed by atoms with van der Waals surface area (Å²) in [7, 11) is 1.66. The number of allylic oxidation sites excluding steroid dienone is 1. The van der Waals surface area contributed by atoms with E-state index in [-0.39, 0.29) is 5.91 Å². The molecule has 0 aromatic heterocycles. The van der Waals surface area contributed by atoms with Crippen molar-refractivity contribution in [2.75, 3.05) is 7.05 Å². The highest BCUT2D eigenvalue weighted by Gasteiger charge is 2.04. The SMILES string of the molecule is C=C/C(CC)=N/N=C(/C)N(C)C(C)=O. The van der Waals surface area contributed by atoms with Gasteiger partial charge in [-0.1, -0.05) is 13.5 Å². The van der Waals surface area contributed by atoms with E-state index in [1.54, 1.807) is 20.0 Å². The highest BCUT2D eigenvalue weighted by Crippen LogP contribution is 1.93. The van der Waals surface area contributed by atoms with Crippen molar-refractivity contribution in [3.05, 3.63) is 12.7 Å². The number of rotatable bonds is 3. The maximum absolute atomic E-state index is 10.9. The van der Waals surface area contributed by atoms with Gasteiger partial charge in [-0.3, -0.25) is 4.79 Å². The van der Waals surface area contributed by atoms with E-state index in [9.17, 15) is 4.79 Å². The molecular weight excluding hydrogens is 178 g/mol. The number of amides is 1. The topological polar surface area (TPSA) is 45.0 Å². The molecule has 14 heavy (non-hydrogen) atoms. The van der Waals surface area contributed by atoms with Crippen molar-refractivity contribution in [3.8, 4) is 0 Å². The minimum absolute atomic E-state index is 0.0573. The van der Waals surface area contributed by atoms with Crippen molar-refractivity contribution < 1.29 is 4.79 Å². The van der Waals surface area contributed by atoms with Crippen LogP contribution in [-0.4, -0.2) is 29.4 Å². The van der Waals surface area contributed by atoms with Gasteiger partial charge in [-0.2, -0.15) is 5.10 Å². The first kappa shape index (κ1) is 12.6. The predicted molar refractivity (Wildman–Crippen MR) is 59.5 cm³/mol. The van der Waals surface area contributed by atoms with Crippen molar-refractivity contribution in [1.29, 1.82) is 0 Å². The van der Waals surface area contributed by atoms with E-state index in [1.165, 1.54) is 11.8 Å². The maximum atomic E-state index is 10.9. The number of hydrogen-bond donors (Lipinski definition) is 0. The Labute approximate surface area is 85.0 Å². The summed E-state index contributed by atoms with van der Waals surface area (Å²) < 4.78 is 0. The monoisotopic (exact) mass is 195 g/mol. The summed E-state index contributed by atoms with van der Waals surface area (Å²) in [5, 5.41) is 7.88. The van der Waals surface area contributed by atoms with E-state index < -0.39 is 0 Å². The molecule has 0 heterocycles. The fourth-order valence-electron chi connectivity index (χ4n) is 0.687. The molecule has 4 nitrogen and oxygen atoms in total. The molecule has 0 saturated heterocycles. The van der Waals surface area contributed by atoms with Gasteiger partial charge in [-0.25, -0.2) is 0 Å². The van der Waals surface area contributed by atoms with Crippen LogP contribution in [0.2, 0.25) is 0 Å². The number of amidine groups is 1. The zero-order valence-corrected chi connectivity index (χ0v) is 9.24. The molecule has 1 amide bonds. The lowest BCUT2D eigenvalue weighted by Crippen LogP contribution is -2.28.